The van der Waals surface area contributed by atoms with Gasteiger partial charge in [-0.3, -0.25) is 0 Å². The van der Waals surface area contributed by atoms with Crippen LogP contribution >= 0.6 is 0 Å². The summed E-state index contributed by atoms with van der Waals surface area (Å²) in [5.41, 5.74) is 5.62. The number of nitrogens with zero attached hydrogens (tertiary/aromatic N) is 2. The second-order valence-corrected chi connectivity index (χ2v) is 7.41. The zero-order valence-electron chi connectivity index (χ0n) is 17.7. The SMILES string of the molecule is COC(=O)c1ccc(Cn2c(C)c(C)c3ccnc(OCc4ccc(F)cc4)c32)cc1. The van der Waals surface area contributed by atoms with E-state index in [2.05, 4.69) is 23.4 Å². The molecule has 2 aromatic carbocycles. The average molecular weight is 418 g/mol. The molecule has 6 heteroatoms. The summed E-state index contributed by atoms with van der Waals surface area (Å²) < 4.78 is 26.2. The number of benzene rings is 2. The van der Waals surface area contributed by atoms with E-state index in [9.17, 15) is 9.18 Å². The molecule has 0 amide bonds. The summed E-state index contributed by atoms with van der Waals surface area (Å²) in [5.74, 6) is -0.0998. The summed E-state index contributed by atoms with van der Waals surface area (Å²) in [6, 6.07) is 15.6. The van der Waals surface area contributed by atoms with Crippen molar-refractivity contribution in [2.75, 3.05) is 7.11 Å². The van der Waals surface area contributed by atoms with Crippen LogP contribution in [0.25, 0.3) is 10.9 Å². The van der Waals surface area contributed by atoms with Gasteiger partial charge in [-0.1, -0.05) is 24.3 Å². The third kappa shape index (κ3) is 4.14. The van der Waals surface area contributed by atoms with Gasteiger partial charge in [-0.05, 0) is 60.9 Å². The van der Waals surface area contributed by atoms with Crippen molar-refractivity contribution in [3.05, 3.63) is 94.6 Å². The highest BCUT2D eigenvalue weighted by molar-refractivity contribution is 5.90. The van der Waals surface area contributed by atoms with Crippen molar-refractivity contribution in [2.24, 2.45) is 0 Å². The maximum absolute atomic E-state index is 13.2. The molecule has 0 spiro atoms. The fourth-order valence-electron chi connectivity index (χ4n) is 3.65. The van der Waals surface area contributed by atoms with E-state index in [0.29, 0.717) is 24.6 Å². The van der Waals surface area contributed by atoms with E-state index in [1.807, 2.05) is 18.2 Å². The topological polar surface area (TPSA) is 53.4 Å². The normalized spacial score (nSPS) is 11.0. The molecule has 0 aliphatic heterocycles. The highest BCUT2D eigenvalue weighted by Gasteiger charge is 2.17. The first-order chi connectivity index (χ1) is 15.0. The Labute approximate surface area is 180 Å². The first-order valence-electron chi connectivity index (χ1n) is 9.97. The molecular formula is C25H23FN2O3. The van der Waals surface area contributed by atoms with Crippen molar-refractivity contribution in [1.82, 2.24) is 9.55 Å². The van der Waals surface area contributed by atoms with E-state index < -0.39 is 0 Å². The summed E-state index contributed by atoms with van der Waals surface area (Å²) >= 11 is 0. The van der Waals surface area contributed by atoms with Gasteiger partial charge < -0.3 is 14.0 Å². The molecule has 0 fully saturated rings. The van der Waals surface area contributed by atoms with Crippen LogP contribution < -0.4 is 4.74 Å². The third-order valence-corrected chi connectivity index (χ3v) is 5.52. The molecule has 158 valence electrons. The van der Waals surface area contributed by atoms with Crippen LogP contribution in [0.2, 0.25) is 0 Å². The Kier molecular flexibility index (Phi) is 5.71. The zero-order chi connectivity index (χ0) is 22.0. The van der Waals surface area contributed by atoms with Gasteiger partial charge in [0.05, 0.1) is 12.7 Å². The number of ether oxygens (including phenoxy) is 2. The average Bonchev–Trinajstić information content (AvgIpc) is 3.04. The minimum atomic E-state index is -0.356. The molecule has 0 N–H and O–H groups in total. The number of esters is 1. The molecule has 31 heavy (non-hydrogen) atoms. The number of hydrogen-bond donors (Lipinski definition) is 0. The second-order valence-electron chi connectivity index (χ2n) is 7.41. The molecule has 4 rings (SSSR count). The van der Waals surface area contributed by atoms with Crippen molar-refractivity contribution in [1.29, 1.82) is 0 Å². The molecule has 2 aromatic heterocycles. The van der Waals surface area contributed by atoms with Crippen LogP contribution in [0.4, 0.5) is 4.39 Å². The smallest absolute Gasteiger partial charge is 0.337 e. The lowest BCUT2D eigenvalue weighted by Gasteiger charge is -2.12. The monoisotopic (exact) mass is 418 g/mol. The number of methoxy groups -OCH3 is 1. The number of hydrogen-bond acceptors (Lipinski definition) is 4. The Morgan fingerprint density at radius 3 is 2.35 bits per heavy atom. The van der Waals surface area contributed by atoms with Gasteiger partial charge in [0.25, 0.3) is 0 Å². The number of aromatic nitrogens is 2. The van der Waals surface area contributed by atoms with Gasteiger partial charge in [-0.15, -0.1) is 0 Å². The summed E-state index contributed by atoms with van der Waals surface area (Å²) in [4.78, 5) is 16.2. The first kappa shape index (κ1) is 20.6. The van der Waals surface area contributed by atoms with E-state index in [-0.39, 0.29) is 11.8 Å². The Morgan fingerprint density at radius 1 is 1.00 bits per heavy atom. The second kappa shape index (κ2) is 8.60. The number of halogens is 1. The Morgan fingerprint density at radius 2 is 1.68 bits per heavy atom. The largest absolute Gasteiger partial charge is 0.471 e. The molecule has 0 saturated heterocycles. The number of aryl methyl sites for hydroxylation is 1. The van der Waals surface area contributed by atoms with Gasteiger partial charge in [0.15, 0.2) is 0 Å². The summed E-state index contributed by atoms with van der Waals surface area (Å²) in [6.07, 6.45) is 1.74. The molecule has 0 radical (unpaired) electrons. The van der Waals surface area contributed by atoms with Crippen molar-refractivity contribution < 1.29 is 18.7 Å². The molecule has 0 bridgehead atoms. The minimum Gasteiger partial charge on any atom is -0.471 e. The van der Waals surface area contributed by atoms with Gasteiger partial charge in [0.1, 0.15) is 17.9 Å². The lowest BCUT2D eigenvalue weighted by Crippen LogP contribution is -2.06. The quantitative estimate of drug-likeness (QED) is 0.404. The van der Waals surface area contributed by atoms with E-state index >= 15 is 0 Å². The highest BCUT2D eigenvalue weighted by atomic mass is 19.1. The molecule has 0 aliphatic carbocycles. The summed E-state index contributed by atoms with van der Waals surface area (Å²) in [7, 11) is 1.37. The van der Waals surface area contributed by atoms with Gasteiger partial charge in [0, 0.05) is 23.8 Å². The number of rotatable bonds is 6. The van der Waals surface area contributed by atoms with Gasteiger partial charge in [0.2, 0.25) is 5.88 Å². The predicted octanol–water partition coefficient (Wildman–Crippen LogP) is 5.21. The van der Waals surface area contributed by atoms with Gasteiger partial charge in [-0.2, -0.15) is 0 Å². The maximum atomic E-state index is 13.2. The minimum absolute atomic E-state index is 0.276. The van der Waals surface area contributed by atoms with Crippen molar-refractivity contribution in [3.63, 3.8) is 0 Å². The fourth-order valence-corrected chi connectivity index (χ4v) is 3.65. The third-order valence-electron chi connectivity index (χ3n) is 5.52. The standard InChI is InChI=1S/C25H23FN2O3/c1-16-17(2)28(14-18-4-8-20(9-5-18)25(29)30-3)23-22(16)12-13-27-24(23)31-15-19-6-10-21(26)11-7-19/h4-13H,14-15H2,1-3H3. The zero-order valence-corrected chi connectivity index (χ0v) is 17.7. The van der Waals surface area contributed by atoms with Crippen LogP contribution in [0.5, 0.6) is 5.88 Å². The molecule has 0 atom stereocenters. The predicted molar refractivity (Wildman–Crippen MR) is 117 cm³/mol. The van der Waals surface area contributed by atoms with Crippen LogP contribution in [0.15, 0.2) is 60.8 Å². The fraction of sp³-hybridized carbons (Fsp3) is 0.200. The first-order valence-corrected chi connectivity index (χ1v) is 9.97. The van der Waals surface area contributed by atoms with E-state index in [1.165, 1.54) is 19.2 Å². The van der Waals surface area contributed by atoms with Crippen LogP contribution in [-0.2, 0) is 17.9 Å². The van der Waals surface area contributed by atoms with Crippen LogP contribution in [-0.4, -0.2) is 22.6 Å². The lowest BCUT2D eigenvalue weighted by atomic mass is 10.1. The lowest BCUT2D eigenvalue weighted by molar-refractivity contribution is 0.0600. The molecule has 4 aromatic rings. The van der Waals surface area contributed by atoms with Crippen molar-refractivity contribution in [2.45, 2.75) is 27.0 Å². The summed E-state index contributed by atoms with van der Waals surface area (Å²) in [5, 5.41) is 1.08. The van der Waals surface area contributed by atoms with Crippen LogP contribution in [0.3, 0.4) is 0 Å². The number of carbonyl (C=O) groups is 1. The van der Waals surface area contributed by atoms with Crippen molar-refractivity contribution >= 4 is 16.9 Å². The number of fused-ring (bicyclic) bond motifs is 1. The maximum Gasteiger partial charge on any atom is 0.337 e. The highest BCUT2D eigenvalue weighted by Crippen LogP contribution is 2.32. The number of carbonyl (C=O) groups excluding carboxylic acids is 1. The Bertz CT molecular complexity index is 1230. The molecule has 2 heterocycles. The Hall–Kier alpha value is -3.67. The van der Waals surface area contributed by atoms with Crippen LogP contribution in [0.1, 0.15) is 32.7 Å². The van der Waals surface area contributed by atoms with E-state index in [0.717, 1.165) is 33.3 Å². The molecule has 0 aliphatic rings. The number of pyridine rings is 1. The molecule has 0 saturated carbocycles. The van der Waals surface area contributed by atoms with E-state index in [4.69, 9.17) is 9.47 Å². The van der Waals surface area contributed by atoms with Crippen LogP contribution in [0, 0.1) is 19.7 Å². The van der Waals surface area contributed by atoms with Gasteiger partial charge in [-0.25, -0.2) is 14.2 Å². The Balaban J connectivity index is 1.67. The molecule has 0 unspecified atom stereocenters. The molecular weight excluding hydrogens is 395 g/mol. The van der Waals surface area contributed by atoms with E-state index in [1.54, 1.807) is 30.5 Å². The van der Waals surface area contributed by atoms with Gasteiger partial charge >= 0.3 is 5.97 Å². The molecule has 5 nitrogen and oxygen atoms in total. The summed E-state index contributed by atoms with van der Waals surface area (Å²) in [6.45, 7) is 5.06. The van der Waals surface area contributed by atoms with Crippen molar-refractivity contribution in [3.8, 4) is 5.88 Å².